The number of piperidine rings is 1. The van der Waals surface area contributed by atoms with Crippen LogP contribution in [0.4, 0.5) is 13.2 Å². The molecule has 5 heteroatoms. The van der Waals surface area contributed by atoms with Crippen LogP contribution in [0.25, 0.3) is 0 Å². The zero-order valence-electron chi connectivity index (χ0n) is 8.24. The number of rotatable bonds is 4. The van der Waals surface area contributed by atoms with E-state index in [1.54, 1.807) is 0 Å². The third-order valence-electron chi connectivity index (χ3n) is 2.38. The van der Waals surface area contributed by atoms with Crippen LogP contribution in [0, 0.1) is 0 Å². The summed E-state index contributed by atoms with van der Waals surface area (Å²) in [4.78, 5) is 2.22. The van der Waals surface area contributed by atoms with E-state index in [9.17, 15) is 13.2 Å². The second-order valence-corrected chi connectivity index (χ2v) is 3.69. The number of nitrogens with one attached hydrogen (secondary N) is 1. The van der Waals surface area contributed by atoms with Crippen molar-refractivity contribution < 1.29 is 13.2 Å². The molecule has 0 radical (unpaired) electrons. The maximum Gasteiger partial charge on any atom is 0.401 e. The fraction of sp³-hybridized carbons (Fsp3) is 1.00. The fourth-order valence-corrected chi connectivity index (χ4v) is 1.65. The molecule has 1 aliphatic rings. The predicted molar refractivity (Wildman–Crippen MR) is 49.2 cm³/mol. The maximum absolute atomic E-state index is 11.7. The number of nitrogens with zero attached hydrogens (tertiary/aromatic N) is 1. The largest absolute Gasteiger partial charge is 0.401 e. The van der Waals surface area contributed by atoms with Crippen LogP contribution >= 0.6 is 0 Å². The molecule has 0 bridgehead atoms. The molecule has 1 saturated heterocycles. The minimum atomic E-state index is -4.08. The summed E-state index contributed by atoms with van der Waals surface area (Å²) in [6, 6.07) is 0. The molecular weight excluding hydrogens is 193 g/mol. The van der Waals surface area contributed by atoms with Crippen molar-refractivity contribution >= 4 is 0 Å². The standard InChI is InChI=1S/C9H17F3N2/c10-9(11,12)8-13-4-7-14-5-2-1-3-6-14/h13H,1-8H2. The van der Waals surface area contributed by atoms with Gasteiger partial charge in [-0.05, 0) is 25.9 Å². The molecule has 1 fully saturated rings. The molecule has 0 unspecified atom stereocenters. The second-order valence-electron chi connectivity index (χ2n) is 3.69. The van der Waals surface area contributed by atoms with Gasteiger partial charge in [0.2, 0.25) is 0 Å². The average molecular weight is 210 g/mol. The molecule has 0 saturated carbocycles. The minimum absolute atomic E-state index is 0.430. The van der Waals surface area contributed by atoms with Crippen LogP contribution in [0.5, 0.6) is 0 Å². The molecule has 1 aliphatic heterocycles. The third kappa shape index (κ3) is 5.44. The molecule has 0 amide bonds. The summed E-state index contributed by atoms with van der Waals surface area (Å²) in [6.07, 6.45) is -0.465. The molecule has 1 heterocycles. The zero-order valence-corrected chi connectivity index (χ0v) is 8.24. The van der Waals surface area contributed by atoms with Gasteiger partial charge in [0.15, 0.2) is 0 Å². The van der Waals surface area contributed by atoms with Gasteiger partial charge in [-0.15, -0.1) is 0 Å². The van der Waals surface area contributed by atoms with E-state index in [2.05, 4.69) is 10.2 Å². The van der Waals surface area contributed by atoms with Gasteiger partial charge in [-0.25, -0.2) is 0 Å². The molecule has 84 valence electrons. The van der Waals surface area contributed by atoms with Gasteiger partial charge < -0.3 is 10.2 Å². The summed E-state index contributed by atoms with van der Waals surface area (Å²) in [5.41, 5.74) is 0. The Kier molecular flexibility index (Phi) is 4.68. The highest BCUT2D eigenvalue weighted by molar-refractivity contribution is 4.66. The van der Waals surface area contributed by atoms with Crippen LogP contribution in [0.3, 0.4) is 0 Å². The SMILES string of the molecule is FC(F)(F)CNCCN1CCCCC1. The average Bonchev–Trinajstić information content (AvgIpc) is 2.13. The van der Waals surface area contributed by atoms with E-state index in [0.717, 1.165) is 19.6 Å². The van der Waals surface area contributed by atoms with Crippen LogP contribution in [0.2, 0.25) is 0 Å². The molecule has 0 atom stereocenters. The summed E-state index contributed by atoms with van der Waals surface area (Å²) in [7, 11) is 0. The van der Waals surface area contributed by atoms with Gasteiger partial charge in [-0.2, -0.15) is 13.2 Å². The number of alkyl halides is 3. The molecule has 1 N–H and O–H groups in total. The maximum atomic E-state index is 11.7. The molecule has 0 aromatic heterocycles. The lowest BCUT2D eigenvalue weighted by Gasteiger charge is -2.26. The Bertz CT molecular complexity index is 153. The van der Waals surface area contributed by atoms with Crippen molar-refractivity contribution in [3.63, 3.8) is 0 Å². The first-order valence-corrected chi connectivity index (χ1v) is 5.08. The van der Waals surface area contributed by atoms with Gasteiger partial charge in [0.05, 0.1) is 6.54 Å². The first-order chi connectivity index (χ1) is 6.58. The van der Waals surface area contributed by atoms with Gasteiger partial charge in [-0.3, -0.25) is 0 Å². The number of halogens is 3. The normalized spacial score (nSPS) is 19.9. The summed E-state index contributed by atoms with van der Waals surface area (Å²) < 4.78 is 35.2. The number of hydrogen-bond acceptors (Lipinski definition) is 2. The van der Waals surface area contributed by atoms with E-state index >= 15 is 0 Å². The van der Waals surface area contributed by atoms with Crippen molar-refractivity contribution in [2.24, 2.45) is 0 Å². The van der Waals surface area contributed by atoms with Gasteiger partial charge in [0.25, 0.3) is 0 Å². The molecule has 2 nitrogen and oxygen atoms in total. The molecule has 14 heavy (non-hydrogen) atoms. The van der Waals surface area contributed by atoms with Crippen molar-refractivity contribution in [2.45, 2.75) is 25.4 Å². The zero-order chi connectivity index (χ0) is 10.4. The van der Waals surface area contributed by atoms with E-state index in [4.69, 9.17) is 0 Å². The molecule has 0 aromatic carbocycles. The van der Waals surface area contributed by atoms with Crippen molar-refractivity contribution in [1.29, 1.82) is 0 Å². The summed E-state index contributed by atoms with van der Waals surface area (Å²) in [6.45, 7) is 2.36. The smallest absolute Gasteiger partial charge is 0.307 e. The monoisotopic (exact) mass is 210 g/mol. The summed E-state index contributed by atoms with van der Waals surface area (Å²) in [5, 5.41) is 2.41. The van der Waals surface area contributed by atoms with E-state index in [0.29, 0.717) is 6.54 Å². The highest BCUT2D eigenvalue weighted by atomic mass is 19.4. The van der Waals surface area contributed by atoms with E-state index in [1.165, 1.54) is 19.3 Å². The first-order valence-electron chi connectivity index (χ1n) is 5.08. The second kappa shape index (κ2) is 5.56. The molecular formula is C9H17F3N2. The Hall–Kier alpha value is -0.290. The van der Waals surface area contributed by atoms with Crippen LogP contribution in [0.1, 0.15) is 19.3 Å². The Labute approximate surface area is 82.5 Å². The predicted octanol–water partition coefficient (Wildman–Crippen LogP) is 1.62. The summed E-state index contributed by atoms with van der Waals surface area (Å²) >= 11 is 0. The van der Waals surface area contributed by atoms with Crippen LogP contribution in [-0.4, -0.2) is 43.8 Å². The summed E-state index contributed by atoms with van der Waals surface area (Å²) in [5.74, 6) is 0. The topological polar surface area (TPSA) is 15.3 Å². The number of hydrogen-bond donors (Lipinski definition) is 1. The minimum Gasteiger partial charge on any atom is -0.307 e. The van der Waals surface area contributed by atoms with Gasteiger partial charge in [0.1, 0.15) is 0 Å². The lowest BCUT2D eigenvalue weighted by molar-refractivity contribution is -0.124. The quantitative estimate of drug-likeness (QED) is 0.709. The Morgan fingerprint density at radius 3 is 2.29 bits per heavy atom. The van der Waals surface area contributed by atoms with E-state index < -0.39 is 12.7 Å². The Morgan fingerprint density at radius 2 is 1.71 bits per heavy atom. The molecule has 0 spiro atoms. The van der Waals surface area contributed by atoms with Crippen molar-refractivity contribution in [3.8, 4) is 0 Å². The van der Waals surface area contributed by atoms with Gasteiger partial charge in [-0.1, -0.05) is 6.42 Å². The third-order valence-corrected chi connectivity index (χ3v) is 2.38. The first kappa shape index (κ1) is 11.8. The van der Waals surface area contributed by atoms with Crippen LogP contribution in [0.15, 0.2) is 0 Å². The van der Waals surface area contributed by atoms with Crippen LogP contribution in [-0.2, 0) is 0 Å². The Morgan fingerprint density at radius 1 is 1.07 bits per heavy atom. The molecule has 0 aromatic rings. The Balaban J connectivity index is 1.97. The van der Waals surface area contributed by atoms with Crippen LogP contribution < -0.4 is 5.32 Å². The highest BCUT2D eigenvalue weighted by Crippen LogP contribution is 2.12. The van der Waals surface area contributed by atoms with E-state index in [-0.39, 0.29) is 0 Å². The number of likely N-dealkylation sites (tertiary alicyclic amines) is 1. The van der Waals surface area contributed by atoms with Crippen molar-refractivity contribution in [2.75, 3.05) is 32.7 Å². The fourth-order valence-electron chi connectivity index (χ4n) is 1.65. The molecule has 0 aliphatic carbocycles. The lowest BCUT2D eigenvalue weighted by Crippen LogP contribution is -2.38. The van der Waals surface area contributed by atoms with Crippen molar-refractivity contribution in [3.05, 3.63) is 0 Å². The molecule has 1 rings (SSSR count). The van der Waals surface area contributed by atoms with E-state index in [1.807, 2.05) is 0 Å². The lowest BCUT2D eigenvalue weighted by atomic mass is 10.1. The van der Waals surface area contributed by atoms with Crippen molar-refractivity contribution in [1.82, 2.24) is 10.2 Å². The van der Waals surface area contributed by atoms with Gasteiger partial charge in [0, 0.05) is 13.1 Å². The van der Waals surface area contributed by atoms with Gasteiger partial charge >= 0.3 is 6.18 Å². The highest BCUT2D eigenvalue weighted by Gasteiger charge is 2.26.